The van der Waals surface area contributed by atoms with E-state index >= 15 is 0 Å². The highest BCUT2D eigenvalue weighted by Gasteiger charge is 2.23. The summed E-state index contributed by atoms with van der Waals surface area (Å²) in [4.78, 5) is 23.6. The fraction of sp³-hybridized carbons (Fsp3) is 0.312. The van der Waals surface area contributed by atoms with E-state index in [0.29, 0.717) is 17.1 Å². The molecule has 0 bridgehead atoms. The number of halogens is 1. The lowest BCUT2D eigenvalue weighted by Crippen LogP contribution is -2.37. The van der Waals surface area contributed by atoms with Crippen LogP contribution in [0.15, 0.2) is 36.7 Å². The Balaban J connectivity index is 1.54. The van der Waals surface area contributed by atoms with Crippen molar-refractivity contribution in [2.24, 2.45) is 0 Å². The van der Waals surface area contributed by atoms with E-state index in [0.717, 1.165) is 18.4 Å². The molecule has 6 nitrogen and oxygen atoms in total. The van der Waals surface area contributed by atoms with E-state index in [-0.39, 0.29) is 24.4 Å². The van der Waals surface area contributed by atoms with E-state index in [1.54, 1.807) is 10.9 Å². The molecule has 1 aliphatic rings. The summed E-state index contributed by atoms with van der Waals surface area (Å²) in [6.07, 6.45) is 5.16. The van der Waals surface area contributed by atoms with E-state index in [9.17, 15) is 9.59 Å². The first kappa shape index (κ1) is 15.6. The van der Waals surface area contributed by atoms with Crippen molar-refractivity contribution < 1.29 is 9.59 Å². The van der Waals surface area contributed by atoms with Crippen LogP contribution in [-0.4, -0.2) is 34.2 Å². The van der Waals surface area contributed by atoms with Gasteiger partial charge >= 0.3 is 0 Å². The molecule has 7 heteroatoms. The van der Waals surface area contributed by atoms with Crippen LogP contribution in [0.5, 0.6) is 0 Å². The molecule has 1 saturated carbocycles. The maximum absolute atomic E-state index is 12.0. The number of nitrogens with zero attached hydrogens (tertiary/aromatic N) is 2. The van der Waals surface area contributed by atoms with Gasteiger partial charge < -0.3 is 10.6 Å². The number of hydrogen-bond acceptors (Lipinski definition) is 3. The smallest absolute Gasteiger partial charge is 0.254 e. The van der Waals surface area contributed by atoms with Gasteiger partial charge in [0.2, 0.25) is 5.91 Å². The Morgan fingerprint density at radius 3 is 2.83 bits per heavy atom. The molecule has 1 fully saturated rings. The number of nitrogens with one attached hydrogen (secondary N) is 2. The molecule has 23 heavy (non-hydrogen) atoms. The van der Waals surface area contributed by atoms with Gasteiger partial charge in [-0.15, -0.1) is 0 Å². The van der Waals surface area contributed by atoms with Gasteiger partial charge in [-0.05, 0) is 24.5 Å². The number of hydrogen-bond donors (Lipinski definition) is 2. The molecule has 120 valence electrons. The topological polar surface area (TPSA) is 76.0 Å². The minimum Gasteiger partial charge on any atom is -0.352 e. The van der Waals surface area contributed by atoms with Crippen molar-refractivity contribution in [1.29, 1.82) is 0 Å². The van der Waals surface area contributed by atoms with Gasteiger partial charge in [-0.3, -0.25) is 14.3 Å². The van der Waals surface area contributed by atoms with Crippen LogP contribution in [0.25, 0.3) is 0 Å². The molecule has 1 heterocycles. The molecule has 1 aliphatic carbocycles. The molecule has 1 aromatic carbocycles. The van der Waals surface area contributed by atoms with Gasteiger partial charge in [0.25, 0.3) is 5.91 Å². The number of amides is 2. The molecule has 3 rings (SSSR count). The number of carbonyl (C=O) groups is 2. The summed E-state index contributed by atoms with van der Waals surface area (Å²) < 4.78 is 1.64. The van der Waals surface area contributed by atoms with E-state index < -0.39 is 0 Å². The quantitative estimate of drug-likeness (QED) is 0.843. The third-order valence-corrected chi connectivity index (χ3v) is 3.91. The summed E-state index contributed by atoms with van der Waals surface area (Å²) in [7, 11) is 0. The molecule has 0 aliphatic heterocycles. The summed E-state index contributed by atoms with van der Waals surface area (Å²) in [6, 6.07) is 7.77. The third-order valence-electron chi connectivity index (χ3n) is 3.54. The first-order chi connectivity index (χ1) is 11.1. The predicted molar refractivity (Wildman–Crippen MR) is 86.3 cm³/mol. The van der Waals surface area contributed by atoms with Crippen LogP contribution in [0, 0.1) is 0 Å². The Morgan fingerprint density at radius 1 is 1.30 bits per heavy atom. The number of benzene rings is 1. The number of carbonyl (C=O) groups excluding carboxylic acids is 2. The Hall–Kier alpha value is -2.34. The van der Waals surface area contributed by atoms with Crippen LogP contribution in [0.4, 0.5) is 0 Å². The van der Waals surface area contributed by atoms with E-state index in [2.05, 4.69) is 15.7 Å². The molecule has 2 aromatic rings. The summed E-state index contributed by atoms with van der Waals surface area (Å²) >= 11 is 6.11. The van der Waals surface area contributed by atoms with Crippen LogP contribution in [-0.2, 0) is 11.3 Å². The molecule has 0 saturated heterocycles. The second-order valence-corrected chi connectivity index (χ2v) is 5.95. The van der Waals surface area contributed by atoms with Gasteiger partial charge in [0.15, 0.2) is 0 Å². The molecule has 0 atom stereocenters. The van der Waals surface area contributed by atoms with E-state index in [4.69, 9.17) is 11.6 Å². The van der Waals surface area contributed by atoms with Gasteiger partial charge in [0.1, 0.15) is 0 Å². The highest BCUT2D eigenvalue weighted by atomic mass is 35.5. The van der Waals surface area contributed by atoms with Crippen LogP contribution in [0.2, 0.25) is 5.02 Å². The highest BCUT2D eigenvalue weighted by Crippen LogP contribution is 2.18. The summed E-state index contributed by atoms with van der Waals surface area (Å²) in [5.41, 5.74) is 1.34. The van der Waals surface area contributed by atoms with Crippen molar-refractivity contribution in [2.75, 3.05) is 6.54 Å². The van der Waals surface area contributed by atoms with Crippen LogP contribution in [0.1, 0.15) is 28.8 Å². The van der Waals surface area contributed by atoms with Crippen molar-refractivity contribution in [3.63, 3.8) is 0 Å². The maximum Gasteiger partial charge on any atom is 0.254 e. The molecule has 0 radical (unpaired) electrons. The minimum absolute atomic E-state index is 0.0228. The SMILES string of the molecule is O=C(CNC(=O)c1cnn(Cc2ccccc2Cl)c1)NC1CC1. The molecule has 2 N–H and O–H groups in total. The lowest BCUT2D eigenvalue weighted by atomic mass is 10.2. The number of aromatic nitrogens is 2. The lowest BCUT2D eigenvalue weighted by molar-refractivity contribution is -0.120. The van der Waals surface area contributed by atoms with Gasteiger partial charge in [0.05, 0.1) is 24.8 Å². The van der Waals surface area contributed by atoms with E-state index in [1.165, 1.54) is 6.20 Å². The highest BCUT2D eigenvalue weighted by molar-refractivity contribution is 6.31. The summed E-state index contributed by atoms with van der Waals surface area (Å²) in [6.45, 7) is 0.458. The molecular weight excluding hydrogens is 316 g/mol. The molecule has 0 spiro atoms. The fourth-order valence-electron chi connectivity index (χ4n) is 2.14. The van der Waals surface area contributed by atoms with Gasteiger partial charge in [-0.1, -0.05) is 29.8 Å². The van der Waals surface area contributed by atoms with Gasteiger partial charge in [0, 0.05) is 17.3 Å². The van der Waals surface area contributed by atoms with Crippen LogP contribution in [0.3, 0.4) is 0 Å². The summed E-state index contributed by atoms with van der Waals surface area (Å²) in [5, 5.41) is 10.2. The largest absolute Gasteiger partial charge is 0.352 e. The summed E-state index contributed by atoms with van der Waals surface area (Å²) in [5.74, 6) is -0.481. The van der Waals surface area contributed by atoms with Crippen molar-refractivity contribution in [3.05, 3.63) is 52.8 Å². The fourth-order valence-corrected chi connectivity index (χ4v) is 2.33. The van der Waals surface area contributed by atoms with Crippen molar-refractivity contribution in [2.45, 2.75) is 25.4 Å². The standard InChI is InChI=1S/C16H17ClN4O2/c17-14-4-2-1-3-11(14)9-21-10-12(7-19-21)16(23)18-8-15(22)20-13-5-6-13/h1-4,7,10,13H,5-6,8-9H2,(H,18,23)(H,20,22). The minimum atomic E-state index is -0.318. The monoisotopic (exact) mass is 332 g/mol. The Morgan fingerprint density at radius 2 is 2.09 bits per heavy atom. The maximum atomic E-state index is 12.0. The lowest BCUT2D eigenvalue weighted by Gasteiger charge is -2.05. The number of rotatable bonds is 6. The second kappa shape index (κ2) is 6.83. The zero-order valence-electron chi connectivity index (χ0n) is 12.5. The Kier molecular flexibility index (Phi) is 4.62. The Bertz CT molecular complexity index is 724. The molecule has 2 amide bonds. The zero-order valence-corrected chi connectivity index (χ0v) is 13.2. The van der Waals surface area contributed by atoms with E-state index in [1.807, 2.05) is 24.3 Å². The van der Waals surface area contributed by atoms with Gasteiger partial charge in [-0.2, -0.15) is 5.10 Å². The van der Waals surface area contributed by atoms with Crippen molar-refractivity contribution in [1.82, 2.24) is 20.4 Å². The normalized spacial score (nSPS) is 13.6. The average molecular weight is 333 g/mol. The molecule has 0 unspecified atom stereocenters. The molecule has 1 aromatic heterocycles. The van der Waals surface area contributed by atoms with Crippen molar-refractivity contribution >= 4 is 23.4 Å². The second-order valence-electron chi connectivity index (χ2n) is 5.54. The first-order valence-electron chi connectivity index (χ1n) is 7.45. The van der Waals surface area contributed by atoms with Crippen LogP contribution >= 0.6 is 11.6 Å². The van der Waals surface area contributed by atoms with Crippen molar-refractivity contribution in [3.8, 4) is 0 Å². The predicted octanol–water partition coefficient (Wildman–Crippen LogP) is 1.59. The Labute approximate surface area is 138 Å². The first-order valence-corrected chi connectivity index (χ1v) is 7.83. The molecular formula is C16H17ClN4O2. The third kappa shape index (κ3) is 4.32. The van der Waals surface area contributed by atoms with Gasteiger partial charge in [-0.25, -0.2) is 0 Å². The average Bonchev–Trinajstić information content (AvgIpc) is 3.22. The van der Waals surface area contributed by atoms with Crippen LogP contribution < -0.4 is 10.6 Å². The zero-order chi connectivity index (χ0) is 16.2.